The molecule has 1 aliphatic rings. The first kappa shape index (κ1) is 14.6. The molecule has 1 aliphatic heterocycles. The monoisotopic (exact) mass is 304 g/mol. The van der Waals surface area contributed by atoms with Gasteiger partial charge in [-0.2, -0.15) is 0 Å². The van der Waals surface area contributed by atoms with Crippen LogP contribution in [0.15, 0.2) is 23.1 Å². The summed E-state index contributed by atoms with van der Waals surface area (Å²) in [5.41, 5.74) is 0.841. The Morgan fingerprint density at radius 3 is 2.68 bits per heavy atom. The lowest BCUT2D eigenvalue weighted by Crippen LogP contribution is -2.17. The van der Waals surface area contributed by atoms with Crippen LogP contribution in [0.2, 0.25) is 0 Å². The molecule has 0 radical (unpaired) electrons. The molecule has 2 rings (SSSR count). The standard InChI is InChI=1S/C13H17ClO4S/c1-9(2)12-7-11(19(14,15)16)3-4-13(12)18-10-5-6-17-8-10/h3-4,7,9-10H,5-6,8H2,1-2H3. The molecule has 0 N–H and O–H groups in total. The largest absolute Gasteiger partial charge is 0.488 e. The minimum Gasteiger partial charge on any atom is -0.488 e. The smallest absolute Gasteiger partial charge is 0.261 e. The van der Waals surface area contributed by atoms with Crippen molar-refractivity contribution in [2.75, 3.05) is 13.2 Å². The Morgan fingerprint density at radius 1 is 1.42 bits per heavy atom. The Hall–Kier alpha value is -0.780. The van der Waals surface area contributed by atoms with Crippen molar-refractivity contribution >= 4 is 19.7 Å². The molecule has 0 aromatic heterocycles. The van der Waals surface area contributed by atoms with Gasteiger partial charge in [0.15, 0.2) is 0 Å². The van der Waals surface area contributed by atoms with E-state index < -0.39 is 9.05 Å². The maximum Gasteiger partial charge on any atom is 0.261 e. The lowest BCUT2D eigenvalue weighted by molar-refractivity contribution is 0.140. The van der Waals surface area contributed by atoms with Gasteiger partial charge in [-0.25, -0.2) is 8.42 Å². The summed E-state index contributed by atoms with van der Waals surface area (Å²) in [6.45, 7) is 5.25. The normalized spacial score (nSPS) is 19.9. The average molecular weight is 305 g/mol. The first-order valence-corrected chi connectivity index (χ1v) is 8.52. The summed E-state index contributed by atoms with van der Waals surface area (Å²) in [7, 11) is 1.66. The van der Waals surface area contributed by atoms with Crippen molar-refractivity contribution in [3.63, 3.8) is 0 Å². The quantitative estimate of drug-likeness (QED) is 0.803. The van der Waals surface area contributed by atoms with Crippen LogP contribution in [0.5, 0.6) is 5.75 Å². The van der Waals surface area contributed by atoms with Gasteiger partial charge in [-0.1, -0.05) is 13.8 Å². The minimum absolute atomic E-state index is 0.0379. The minimum atomic E-state index is -3.71. The predicted octanol–water partition coefficient (Wildman–Crippen LogP) is 2.91. The van der Waals surface area contributed by atoms with Gasteiger partial charge in [0, 0.05) is 17.1 Å². The summed E-state index contributed by atoms with van der Waals surface area (Å²) >= 11 is 0. The van der Waals surface area contributed by atoms with Gasteiger partial charge in [0.05, 0.1) is 18.1 Å². The van der Waals surface area contributed by atoms with Crippen molar-refractivity contribution in [2.45, 2.75) is 37.2 Å². The molecule has 0 bridgehead atoms. The highest BCUT2D eigenvalue weighted by molar-refractivity contribution is 8.13. The summed E-state index contributed by atoms with van der Waals surface area (Å²) in [6, 6.07) is 4.72. The molecule has 1 aromatic carbocycles. The molecule has 4 nitrogen and oxygen atoms in total. The Labute approximate surface area is 118 Å². The topological polar surface area (TPSA) is 52.6 Å². The van der Waals surface area contributed by atoms with E-state index in [2.05, 4.69) is 0 Å². The third-order valence-corrected chi connectivity index (χ3v) is 4.42. The Bertz CT molecular complexity index is 548. The number of benzene rings is 1. The molecule has 6 heteroatoms. The van der Waals surface area contributed by atoms with Gasteiger partial charge in [-0.05, 0) is 29.7 Å². The van der Waals surface area contributed by atoms with Crippen LogP contribution in [0, 0.1) is 0 Å². The summed E-state index contributed by atoms with van der Waals surface area (Å²) in [5, 5.41) is 0. The van der Waals surface area contributed by atoms with Crippen LogP contribution in [0.4, 0.5) is 0 Å². The maximum atomic E-state index is 11.4. The van der Waals surface area contributed by atoms with Gasteiger partial charge in [-0.3, -0.25) is 0 Å². The number of hydrogen-bond acceptors (Lipinski definition) is 4. The molecular formula is C13H17ClO4S. The second kappa shape index (κ2) is 5.69. The molecule has 1 unspecified atom stereocenters. The number of ether oxygens (including phenoxy) is 2. The summed E-state index contributed by atoms with van der Waals surface area (Å²) in [4.78, 5) is 0.105. The second-order valence-corrected chi connectivity index (χ2v) is 7.46. The van der Waals surface area contributed by atoms with Crippen LogP contribution in [-0.4, -0.2) is 27.7 Å². The molecule has 1 fully saturated rings. The van der Waals surface area contributed by atoms with E-state index in [4.69, 9.17) is 20.2 Å². The van der Waals surface area contributed by atoms with Crippen molar-refractivity contribution in [3.05, 3.63) is 23.8 Å². The number of rotatable bonds is 4. The molecule has 19 heavy (non-hydrogen) atoms. The Morgan fingerprint density at radius 2 is 2.16 bits per heavy atom. The fraction of sp³-hybridized carbons (Fsp3) is 0.538. The van der Waals surface area contributed by atoms with Crippen molar-refractivity contribution in [2.24, 2.45) is 0 Å². The summed E-state index contributed by atoms with van der Waals surface area (Å²) < 4.78 is 33.9. The van der Waals surface area contributed by atoms with Gasteiger partial charge < -0.3 is 9.47 Å². The fourth-order valence-corrected chi connectivity index (χ4v) is 2.81. The molecule has 1 atom stereocenters. The zero-order valence-electron chi connectivity index (χ0n) is 10.9. The zero-order chi connectivity index (χ0) is 14.0. The highest BCUT2D eigenvalue weighted by Gasteiger charge is 2.21. The number of halogens is 1. The molecule has 0 spiro atoms. The maximum absolute atomic E-state index is 11.4. The Kier molecular flexibility index (Phi) is 4.38. The molecule has 106 valence electrons. The molecule has 0 saturated carbocycles. The SMILES string of the molecule is CC(C)c1cc(S(=O)(=O)Cl)ccc1OC1CCOC1. The van der Waals surface area contributed by atoms with Gasteiger partial charge >= 0.3 is 0 Å². The predicted molar refractivity (Wildman–Crippen MR) is 73.4 cm³/mol. The zero-order valence-corrected chi connectivity index (χ0v) is 12.5. The van der Waals surface area contributed by atoms with Crippen LogP contribution in [-0.2, 0) is 13.8 Å². The van der Waals surface area contributed by atoms with Crippen LogP contribution in [0.3, 0.4) is 0 Å². The summed E-state index contributed by atoms with van der Waals surface area (Å²) in [5.74, 6) is 0.852. The number of hydrogen-bond donors (Lipinski definition) is 0. The van der Waals surface area contributed by atoms with Gasteiger partial charge in [-0.15, -0.1) is 0 Å². The van der Waals surface area contributed by atoms with E-state index in [-0.39, 0.29) is 16.9 Å². The third kappa shape index (κ3) is 3.61. The highest BCUT2D eigenvalue weighted by atomic mass is 35.7. The fourth-order valence-electron chi connectivity index (χ4n) is 2.02. The molecule has 1 heterocycles. The van der Waals surface area contributed by atoms with Crippen LogP contribution < -0.4 is 4.74 Å². The second-order valence-electron chi connectivity index (χ2n) is 4.90. The van der Waals surface area contributed by atoms with E-state index in [9.17, 15) is 8.42 Å². The van der Waals surface area contributed by atoms with E-state index in [1.807, 2.05) is 13.8 Å². The van der Waals surface area contributed by atoms with Crippen molar-refractivity contribution < 1.29 is 17.9 Å². The van der Waals surface area contributed by atoms with Crippen molar-refractivity contribution in [1.29, 1.82) is 0 Å². The van der Waals surface area contributed by atoms with E-state index in [0.29, 0.717) is 19.0 Å². The average Bonchev–Trinajstić information content (AvgIpc) is 2.80. The first-order valence-electron chi connectivity index (χ1n) is 6.21. The van der Waals surface area contributed by atoms with Crippen LogP contribution in [0.25, 0.3) is 0 Å². The van der Waals surface area contributed by atoms with Crippen LogP contribution >= 0.6 is 10.7 Å². The van der Waals surface area contributed by atoms with Gasteiger partial charge in [0.1, 0.15) is 11.9 Å². The van der Waals surface area contributed by atoms with Crippen molar-refractivity contribution in [1.82, 2.24) is 0 Å². The van der Waals surface area contributed by atoms with E-state index in [0.717, 1.165) is 12.0 Å². The van der Waals surface area contributed by atoms with Gasteiger partial charge in [0.25, 0.3) is 9.05 Å². The Balaban J connectivity index is 2.32. The van der Waals surface area contributed by atoms with E-state index >= 15 is 0 Å². The molecule has 1 saturated heterocycles. The van der Waals surface area contributed by atoms with Crippen molar-refractivity contribution in [3.8, 4) is 5.75 Å². The van der Waals surface area contributed by atoms with E-state index in [1.165, 1.54) is 6.07 Å². The molecule has 0 amide bonds. The molecule has 0 aliphatic carbocycles. The highest BCUT2D eigenvalue weighted by Crippen LogP contribution is 2.31. The third-order valence-electron chi connectivity index (χ3n) is 3.07. The van der Waals surface area contributed by atoms with Gasteiger partial charge in [0.2, 0.25) is 0 Å². The molecule has 1 aromatic rings. The first-order chi connectivity index (χ1) is 8.88. The molecular weight excluding hydrogens is 288 g/mol. The lowest BCUT2D eigenvalue weighted by Gasteiger charge is -2.18. The van der Waals surface area contributed by atoms with Crippen LogP contribution in [0.1, 0.15) is 31.7 Å². The lowest BCUT2D eigenvalue weighted by atomic mass is 10.0. The van der Waals surface area contributed by atoms with E-state index in [1.54, 1.807) is 12.1 Å². The summed E-state index contributed by atoms with van der Waals surface area (Å²) in [6.07, 6.45) is 0.892.